The van der Waals surface area contributed by atoms with Gasteiger partial charge in [0.1, 0.15) is 0 Å². The molecule has 2 fully saturated rings. The second kappa shape index (κ2) is 3.48. The van der Waals surface area contributed by atoms with Crippen LogP contribution in [0.4, 0.5) is 5.69 Å². The normalized spacial score (nSPS) is 26.9. The van der Waals surface area contributed by atoms with E-state index in [0.717, 1.165) is 12.7 Å². The van der Waals surface area contributed by atoms with Gasteiger partial charge in [0.2, 0.25) is 0 Å². The highest BCUT2D eigenvalue weighted by molar-refractivity contribution is 7.99. The van der Waals surface area contributed by atoms with Gasteiger partial charge in [-0.1, -0.05) is 18.2 Å². The summed E-state index contributed by atoms with van der Waals surface area (Å²) in [5.74, 6) is 2.53. The minimum Gasteiger partial charge on any atom is -0.357 e. The standard InChI is InChI=1S/C11H14N2S/c1-2-4-10(5-3-1)12-6-11-7-14-9-13(11)8-12/h1-5,11H,6-9H2. The fourth-order valence-corrected chi connectivity index (χ4v) is 3.42. The van der Waals surface area contributed by atoms with E-state index in [0.29, 0.717) is 0 Å². The van der Waals surface area contributed by atoms with Crippen LogP contribution in [0.15, 0.2) is 30.3 Å². The molecule has 0 N–H and O–H groups in total. The third-order valence-electron chi connectivity index (χ3n) is 2.99. The summed E-state index contributed by atoms with van der Waals surface area (Å²) in [5, 5.41) is 0. The average molecular weight is 206 g/mol. The fraction of sp³-hybridized carbons (Fsp3) is 0.455. The summed E-state index contributed by atoms with van der Waals surface area (Å²) in [6.07, 6.45) is 0. The van der Waals surface area contributed by atoms with Crippen molar-refractivity contribution in [3.05, 3.63) is 30.3 Å². The molecular weight excluding hydrogens is 192 g/mol. The Bertz CT molecular complexity index is 302. The first-order valence-electron chi connectivity index (χ1n) is 5.05. The molecule has 2 nitrogen and oxygen atoms in total. The molecule has 3 heteroatoms. The SMILES string of the molecule is c1ccc(N2CC3CSCN3C2)cc1. The highest BCUT2D eigenvalue weighted by atomic mass is 32.2. The molecule has 3 rings (SSSR count). The molecule has 2 aliphatic rings. The van der Waals surface area contributed by atoms with Crippen molar-refractivity contribution in [2.24, 2.45) is 0 Å². The maximum atomic E-state index is 2.57. The number of rotatable bonds is 1. The Morgan fingerprint density at radius 3 is 2.86 bits per heavy atom. The van der Waals surface area contributed by atoms with Gasteiger partial charge in [0.05, 0.1) is 6.67 Å². The van der Waals surface area contributed by atoms with Crippen LogP contribution in [-0.2, 0) is 0 Å². The topological polar surface area (TPSA) is 6.48 Å². The molecule has 1 unspecified atom stereocenters. The molecule has 1 aromatic carbocycles. The molecule has 2 aliphatic heterocycles. The maximum Gasteiger partial charge on any atom is 0.0718 e. The number of para-hydroxylation sites is 1. The zero-order valence-electron chi connectivity index (χ0n) is 8.10. The highest BCUT2D eigenvalue weighted by Crippen LogP contribution is 2.29. The van der Waals surface area contributed by atoms with Gasteiger partial charge in [-0.3, -0.25) is 4.90 Å². The molecule has 0 aliphatic carbocycles. The molecule has 0 spiro atoms. The molecule has 1 atom stereocenters. The van der Waals surface area contributed by atoms with Crippen molar-refractivity contribution < 1.29 is 0 Å². The first-order valence-corrected chi connectivity index (χ1v) is 6.21. The van der Waals surface area contributed by atoms with E-state index in [-0.39, 0.29) is 0 Å². The van der Waals surface area contributed by atoms with Gasteiger partial charge in [-0.05, 0) is 12.1 Å². The predicted octanol–water partition coefficient (Wildman–Crippen LogP) is 1.84. The second-order valence-corrected chi connectivity index (χ2v) is 4.94. The Morgan fingerprint density at radius 1 is 1.21 bits per heavy atom. The van der Waals surface area contributed by atoms with E-state index in [4.69, 9.17) is 0 Å². The van der Waals surface area contributed by atoms with Crippen molar-refractivity contribution in [1.29, 1.82) is 0 Å². The van der Waals surface area contributed by atoms with Crippen molar-refractivity contribution >= 4 is 17.4 Å². The lowest BCUT2D eigenvalue weighted by Gasteiger charge is -2.18. The van der Waals surface area contributed by atoms with Crippen LogP contribution in [0.3, 0.4) is 0 Å². The monoisotopic (exact) mass is 206 g/mol. The number of nitrogens with zero attached hydrogens (tertiary/aromatic N) is 2. The molecule has 74 valence electrons. The molecular formula is C11H14N2S. The van der Waals surface area contributed by atoms with Crippen molar-refractivity contribution in [2.75, 3.05) is 29.7 Å². The third kappa shape index (κ3) is 1.41. The van der Waals surface area contributed by atoms with E-state index in [1.165, 1.54) is 23.9 Å². The van der Waals surface area contributed by atoms with Gasteiger partial charge in [-0.25, -0.2) is 0 Å². The minimum absolute atomic E-state index is 0.792. The van der Waals surface area contributed by atoms with Gasteiger partial charge >= 0.3 is 0 Å². The quantitative estimate of drug-likeness (QED) is 0.692. The third-order valence-corrected chi connectivity index (χ3v) is 4.12. The molecule has 0 radical (unpaired) electrons. The molecule has 0 amide bonds. The molecule has 2 heterocycles. The molecule has 0 aromatic heterocycles. The van der Waals surface area contributed by atoms with E-state index < -0.39 is 0 Å². The van der Waals surface area contributed by atoms with E-state index in [2.05, 4.69) is 51.9 Å². The van der Waals surface area contributed by atoms with Crippen LogP contribution >= 0.6 is 11.8 Å². The van der Waals surface area contributed by atoms with Crippen molar-refractivity contribution in [2.45, 2.75) is 6.04 Å². The van der Waals surface area contributed by atoms with Crippen LogP contribution in [-0.4, -0.2) is 35.8 Å². The number of anilines is 1. The zero-order chi connectivity index (χ0) is 9.38. The maximum absolute atomic E-state index is 2.57. The lowest BCUT2D eigenvalue weighted by molar-refractivity contribution is 0.345. The van der Waals surface area contributed by atoms with Crippen LogP contribution in [0.5, 0.6) is 0 Å². The van der Waals surface area contributed by atoms with Gasteiger partial charge in [0, 0.05) is 29.9 Å². The van der Waals surface area contributed by atoms with E-state index in [9.17, 15) is 0 Å². The number of benzene rings is 1. The Hall–Kier alpha value is -0.670. The van der Waals surface area contributed by atoms with Crippen molar-refractivity contribution in [3.8, 4) is 0 Å². The van der Waals surface area contributed by atoms with Gasteiger partial charge in [-0.15, -0.1) is 11.8 Å². The van der Waals surface area contributed by atoms with E-state index >= 15 is 0 Å². The molecule has 14 heavy (non-hydrogen) atoms. The van der Waals surface area contributed by atoms with Gasteiger partial charge in [0.25, 0.3) is 0 Å². The molecule has 0 saturated carbocycles. The van der Waals surface area contributed by atoms with Crippen LogP contribution < -0.4 is 4.90 Å². The fourth-order valence-electron chi connectivity index (χ4n) is 2.20. The number of thioether (sulfide) groups is 1. The van der Waals surface area contributed by atoms with Crippen LogP contribution in [0.1, 0.15) is 0 Å². The first kappa shape index (κ1) is 8.62. The van der Waals surface area contributed by atoms with Crippen molar-refractivity contribution in [1.82, 2.24) is 4.90 Å². The Labute approximate surface area is 88.9 Å². The summed E-state index contributed by atoms with van der Waals surface area (Å²) < 4.78 is 0. The van der Waals surface area contributed by atoms with Crippen molar-refractivity contribution in [3.63, 3.8) is 0 Å². The molecule has 1 aromatic rings. The highest BCUT2D eigenvalue weighted by Gasteiger charge is 2.33. The smallest absolute Gasteiger partial charge is 0.0718 e. The lowest BCUT2D eigenvalue weighted by atomic mass is 10.3. The van der Waals surface area contributed by atoms with Gasteiger partial charge in [-0.2, -0.15) is 0 Å². The first-order chi connectivity index (χ1) is 6.93. The number of hydrogen-bond donors (Lipinski definition) is 0. The summed E-state index contributed by atoms with van der Waals surface area (Å²) >= 11 is 2.06. The largest absolute Gasteiger partial charge is 0.357 e. The zero-order valence-corrected chi connectivity index (χ0v) is 8.91. The Kier molecular flexibility index (Phi) is 2.14. The Balaban J connectivity index is 1.77. The van der Waals surface area contributed by atoms with Crippen LogP contribution in [0.2, 0.25) is 0 Å². The van der Waals surface area contributed by atoms with Gasteiger partial charge < -0.3 is 4.90 Å². The summed E-state index contributed by atoms with van der Waals surface area (Å²) in [6, 6.07) is 11.5. The minimum atomic E-state index is 0.792. The van der Waals surface area contributed by atoms with E-state index in [1.54, 1.807) is 0 Å². The van der Waals surface area contributed by atoms with Crippen LogP contribution in [0, 0.1) is 0 Å². The van der Waals surface area contributed by atoms with Gasteiger partial charge in [0.15, 0.2) is 0 Å². The van der Waals surface area contributed by atoms with Crippen LogP contribution in [0.25, 0.3) is 0 Å². The number of fused-ring (bicyclic) bond motifs is 1. The summed E-state index contributed by atoms with van der Waals surface area (Å²) in [5.41, 5.74) is 1.37. The Morgan fingerprint density at radius 2 is 2.07 bits per heavy atom. The summed E-state index contributed by atoms with van der Waals surface area (Å²) in [6.45, 7) is 2.32. The number of hydrogen-bond acceptors (Lipinski definition) is 3. The molecule has 0 bridgehead atoms. The second-order valence-electron chi connectivity index (χ2n) is 3.94. The molecule has 2 saturated heterocycles. The lowest BCUT2D eigenvalue weighted by Crippen LogP contribution is -2.25. The van der Waals surface area contributed by atoms with E-state index in [1.807, 2.05) is 0 Å². The summed E-state index contributed by atoms with van der Waals surface area (Å²) in [4.78, 5) is 5.04. The average Bonchev–Trinajstić information content (AvgIpc) is 2.78. The predicted molar refractivity (Wildman–Crippen MR) is 61.6 cm³/mol. The summed E-state index contributed by atoms with van der Waals surface area (Å²) in [7, 11) is 0.